The highest BCUT2D eigenvalue weighted by molar-refractivity contribution is 7.80. The van der Waals surface area contributed by atoms with Gasteiger partial charge in [0.2, 0.25) is 0 Å². The summed E-state index contributed by atoms with van der Waals surface area (Å²) < 4.78 is 0.208. The molecule has 1 aromatic rings. The molecule has 0 aliphatic rings. The monoisotopic (exact) mass is 422 g/mol. The van der Waals surface area contributed by atoms with E-state index in [9.17, 15) is 0 Å². The number of nitrogens with one attached hydrogen (secondary N) is 1. The van der Waals surface area contributed by atoms with Gasteiger partial charge in [-0.1, -0.05) is 11.2 Å². The molecule has 0 fully saturated rings. The second-order valence-corrected chi connectivity index (χ2v) is 7.08. The molecule has 1 aromatic heterocycles. The smallest absolute Gasteiger partial charge is 0.294 e. The van der Waals surface area contributed by atoms with Gasteiger partial charge in [0.1, 0.15) is 18.8 Å². The van der Waals surface area contributed by atoms with E-state index in [1.807, 2.05) is 50.8 Å². The van der Waals surface area contributed by atoms with Crippen molar-refractivity contribution in [3.8, 4) is 0 Å². The number of pyridine rings is 1. The van der Waals surface area contributed by atoms with Crippen molar-refractivity contribution in [1.82, 2.24) is 15.3 Å². The molecule has 28 heavy (non-hydrogen) atoms. The number of quaternary nitrogens is 1. The Kier molecular flexibility index (Phi) is 9.57. The van der Waals surface area contributed by atoms with E-state index in [2.05, 4.69) is 24.4 Å². The van der Waals surface area contributed by atoms with Gasteiger partial charge in [0.05, 0.1) is 17.1 Å². The third-order valence-corrected chi connectivity index (χ3v) is 5.35. The quantitative estimate of drug-likeness (QED) is 0.290. The van der Waals surface area contributed by atoms with Gasteiger partial charge >= 0.3 is 0 Å². The number of thiocarbonyl (C=S) groups is 2. The lowest BCUT2D eigenvalue weighted by molar-refractivity contribution is -0.843. The first kappa shape index (κ1) is 24.1. The van der Waals surface area contributed by atoms with Crippen LogP contribution in [0.2, 0.25) is 0 Å². The summed E-state index contributed by atoms with van der Waals surface area (Å²) in [5.74, 6) is 0. The molecule has 1 rings (SSSR count). The maximum atomic E-state index is 5.94. The van der Waals surface area contributed by atoms with Gasteiger partial charge in [-0.25, -0.2) is 4.98 Å². The summed E-state index contributed by atoms with van der Waals surface area (Å²) in [4.78, 5) is 6.72. The van der Waals surface area contributed by atoms with Crippen molar-refractivity contribution >= 4 is 46.1 Å². The summed E-state index contributed by atoms with van der Waals surface area (Å²) in [7, 11) is 0. The molecular formula is C19H32N7S2+. The number of hydrogen-bond acceptors (Lipinski definition) is 5. The fourth-order valence-electron chi connectivity index (χ4n) is 2.67. The highest BCUT2D eigenvalue weighted by Crippen LogP contribution is 2.11. The van der Waals surface area contributed by atoms with Crippen LogP contribution in [0.15, 0.2) is 28.4 Å². The third-order valence-electron chi connectivity index (χ3n) is 4.66. The molecule has 0 atom stereocenters. The minimum atomic E-state index is 0.208. The Labute approximate surface area is 179 Å². The van der Waals surface area contributed by atoms with Crippen molar-refractivity contribution in [2.75, 3.05) is 26.2 Å². The Balaban J connectivity index is 3.11. The van der Waals surface area contributed by atoms with E-state index in [1.165, 1.54) is 0 Å². The topological polar surface area (TPSA) is 78.9 Å². The van der Waals surface area contributed by atoms with Crippen LogP contribution in [0.25, 0.3) is 0 Å². The number of rotatable bonds is 8. The standard InChI is InChI=1S/C19H31N7S2/c1-7-25(8-2)19(28)23-22-14(5)16-12-11-13-17(21-16)15(6)24-26(9-3,10-4)18(20)27/h11-13H,7-10H2,1-6H3,(H2-,20,21,23,27,28)/p+1/b24-15-. The zero-order valence-electron chi connectivity index (χ0n) is 17.7. The lowest BCUT2D eigenvalue weighted by Gasteiger charge is -2.27. The molecule has 0 aliphatic carbocycles. The van der Waals surface area contributed by atoms with Crippen LogP contribution < -0.4 is 11.2 Å². The first-order valence-corrected chi connectivity index (χ1v) is 10.4. The highest BCUT2D eigenvalue weighted by Gasteiger charge is 2.28. The van der Waals surface area contributed by atoms with Crippen LogP contribution >= 0.6 is 24.4 Å². The average molecular weight is 423 g/mol. The first-order valence-electron chi connectivity index (χ1n) is 9.55. The largest absolute Gasteiger partial charge is 0.348 e. The summed E-state index contributed by atoms with van der Waals surface area (Å²) in [6.07, 6.45) is 0. The predicted octanol–water partition coefficient (Wildman–Crippen LogP) is 2.85. The predicted molar refractivity (Wildman–Crippen MR) is 125 cm³/mol. The lowest BCUT2D eigenvalue weighted by Crippen LogP contribution is -2.51. The van der Waals surface area contributed by atoms with Gasteiger partial charge in [0.25, 0.3) is 5.11 Å². The molecule has 0 unspecified atom stereocenters. The molecule has 9 heteroatoms. The van der Waals surface area contributed by atoms with E-state index in [-0.39, 0.29) is 4.59 Å². The van der Waals surface area contributed by atoms with E-state index in [4.69, 9.17) is 40.3 Å². The molecule has 3 N–H and O–H groups in total. The molecule has 0 amide bonds. The normalized spacial score (nSPS) is 12.6. The maximum Gasteiger partial charge on any atom is 0.294 e. The number of aromatic nitrogens is 1. The molecule has 1 heterocycles. The minimum Gasteiger partial charge on any atom is -0.348 e. The summed E-state index contributed by atoms with van der Waals surface area (Å²) in [6, 6.07) is 5.77. The molecule has 154 valence electrons. The zero-order valence-corrected chi connectivity index (χ0v) is 19.3. The van der Waals surface area contributed by atoms with E-state index in [0.717, 1.165) is 35.9 Å². The van der Waals surface area contributed by atoms with Crippen molar-refractivity contribution in [1.29, 1.82) is 0 Å². The Bertz CT molecular complexity index is 750. The third kappa shape index (κ3) is 6.02. The molecule has 7 nitrogen and oxygen atoms in total. The SMILES string of the molecule is CCN(CC)C(=S)N/N=C(\C)c1cccc(/C(C)=N\[N+](CC)(CC)C(N)=S)n1. The second kappa shape index (κ2) is 11.1. The zero-order chi connectivity index (χ0) is 21.3. The minimum absolute atomic E-state index is 0.208. The Morgan fingerprint density at radius 3 is 2.07 bits per heavy atom. The van der Waals surface area contributed by atoms with Crippen LogP contribution in [-0.4, -0.2) is 62.3 Å². The van der Waals surface area contributed by atoms with E-state index in [0.29, 0.717) is 23.3 Å². The van der Waals surface area contributed by atoms with Gasteiger partial charge in [-0.15, -0.1) is 4.59 Å². The second-order valence-electron chi connectivity index (χ2n) is 6.27. The molecule has 0 bridgehead atoms. The Morgan fingerprint density at radius 2 is 1.61 bits per heavy atom. The molecule has 0 spiro atoms. The van der Waals surface area contributed by atoms with E-state index in [1.54, 1.807) is 0 Å². The number of hydrogen-bond donors (Lipinski definition) is 2. The molecule has 0 saturated carbocycles. The molecule has 0 saturated heterocycles. The van der Waals surface area contributed by atoms with Crippen molar-refractivity contribution in [3.63, 3.8) is 0 Å². The molecular weight excluding hydrogens is 390 g/mol. The van der Waals surface area contributed by atoms with E-state index < -0.39 is 0 Å². The fourth-order valence-corrected chi connectivity index (χ4v) is 3.28. The van der Waals surface area contributed by atoms with Gasteiger partial charge in [0, 0.05) is 25.3 Å². The first-order chi connectivity index (χ1) is 13.2. The van der Waals surface area contributed by atoms with Crippen molar-refractivity contribution in [2.45, 2.75) is 41.5 Å². The average Bonchev–Trinajstić information content (AvgIpc) is 2.70. The lowest BCUT2D eigenvalue weighted by atomic mass is 10.2. The summed E-state index contributed by atoms with van der Waals surface area (Å²) in [5.41, 5.74) is 11.9. The van der Waals surface area contributed by atoms with E-state index >= 15 is 0 Å². The van der Waals surface area contributed by atoms with Crippen LogP contribution in [0.5, 0.6) is 0 Å². The fraction of sp³-hybridized carbons (Fsp3) is 0.526. The van der Waals surface area contributed by atoms with Gasteiger partial charge in [-0.3, -0.25) is 5.43 Å². The Hall–Kier alpha value is -1.97. The van der Waals surface area contributed by atoms with Crippen LogP contribution in [0, 0.1) is 0 Å². The van der Waals surface area contributed by atoms with Gasteiger partial charge in [-0.05, 0) is 65.9 Å². The number of nitrogens with zero attached hydrogens (tertiary/aromatic N) is 5. The van der Waals surface area contributed by atoms with Crippen LogP contribution in [0.4, 0.5) is 0 Å². The number of hydrazone groups is 1. The maximum absolute atomic E-state index is 5.94. The number of nitrogens with two attached hydrogens (primary N) is 1. The molecule has 0 radical (unpaired) electrons. The molecule has 0 aromatic carbocycles. The van der Waals surface area contributed by atoms with Gasteiger partial charge in [0.15, 0.2) is 5.11 Å². The summed E-state index contributed by atoms with van der Waals surface area (Å²) >= 11 is 10.6. The van der Waals surface area contributed by atoms with Crippen molar-refractivity contribution in [2.24, 2.45) is 15.9 Å². The molecule has 0 aliphatic heterocycles. The van der Waals surface area contributed by atoms with Gasteiger partial charge < -0.3 is 10.6 Å². The van der Waals surface area contributed by atoms with Crippen LogP contribution in [0.3, 0.4) is 0 Å². The van der Waals surface area contributed by atoms with Crippen LogP contribution in [-0.2, 0) is 0 Å². The Morgan fingerprint density at radius 1 is 1.07 bits per heavy atom. The summed E-state index contributed by atoms with van der Waals surface area (Å²) in [6.45, 7) is 15.0. The highest BCUT2D eigenvalue weighted by atomic mass is 32.1. The van der Waals surface area contributed by atoms with Gasteiger partial charge in [-0.2, -0.15) is 5.10 Å². The van der Waals surface area contributed by atoms with Crippen molar-refractivity contribution in [3.05, 3.63) is 29.6 Å². The summed E-state index contributed by atoms with van der Waals surface area (Å²) in [5, 5.41) is 10.1. The van der Waals surface area contributed by atoms with Crippen molar-refractivity contribution < 1.29 is 4.59 Å². The van der Waals surface area contributed by atoms with Crippen LogP contribution in [0.1, 0.15) is 52.9 Å².